The topological polar surface area (TPSA) is 43.7 Å². The van der Waals surface area contributed by atoms with Crippen LogP contribution in [0.5, 0.6) is 0 Å². The van der Waals surface area contributed by atoms with Crippen molar-refractivity contribution in [1.82, 2.24) is 9.47 Å². The van der Waals surface area contributed by atoms with E-state index in [1.165, 1.54) is 0 Å². The fourth-order valence-corrected chi connectivity index (χ4v) is 3.46. The molecule has 0 bridgehead atoms. The van der Waals surface area contributed by atoms with Crippen molar-refractivity contribution >= 4 is 5.91 Å². The van der Waals surface area contributed by atoms with Gasteiger partial charge < -0.3 is 18.9 Å². The van der Waals surface area contributed by atoms with Gasteiger partial charge in [0.05, 0.1) is 18.3 Å². The predicted octanol–water partition coefficient (Wildman–Crippen LogP) is 1.83. The molecule has 1 aromatic heterocycles. The van der Waals surface area contributed by atoms with E-state index in [1.54, 1.807) is 0 Å². The molecule has 5 nitrogen and oxygen atoms in total. The van der Waals surface area contributed by atoms with Gasteiger partial charge in [-0.15, -0.1) is 0 Å². The highest BCUT2D eigenvalue weighted by atomic mass is 16.6. The van der Waals surface area contributed by atoms with Gasteiger partial charge in [0.1, 0.15) is 5.69 Å². The molecule has 3 heterocycles. The van der Waals surface area contributed by atoms with E-state index in [-0.39, 0.29) is 17.6 Å². The summed E-state index contributed by atoms with van der Waals surface area (Å²) >= 11 is 0. The van der Waals surface area contributed by atoms with Crippen LogP contribution in [0.4, 0.5) is 0 Å². The molecule has 2 aliphatic rings. The lowest BCUT2D eigenvalue weighted by molar-refractivity contribution is -0.0408. The zero-order valence-electron chi connectivity index (χ0n) is 12.9. The number of ether oxygens (including phenoxy) is 2. The van der Waals surface area contributed by atoms with Crippen LogP contribution in [0.3, 0.4) is 0 Å². The molecule has 116 valence electrons. The zero-order chi connectivity index (χ0) is 14.9. The predicted molar refractivity (Wildman–Crippen MR) is 79.3 cm³/mol. The van der Waals surface area contributed by atoms with Crippen LogP contribution in [0.1, 0.15) is 36.7 Å². The summed E-state index contributed by atoms with van der Waals surface area (Å²) in [5, 5.41) is 0. The molecule has 2 fully saturated rings. The van der Waals surface area contributed by atoms with E-state index in [0.29, 0.717) is 6.61 Å². The largest absolute Gasteiger partial charge is 0.376 e. The number of carbonyl (C=O) groups excluding carboxylic acids is 1. The molecule has 1 amide bonds. The molecule has 1 aromatic rings. The summed E-state index contributed by atoms with van der Waals surface area (Å²) < 4.78 is 13.6. The van der Waals surface area contributed by atoms with Gasteiger partial charge in [-0.3, -0.25) is 4.79 Å². The van der Waals surface area contributed by atoms with Crippen LogP contribution in [0, 0.1) is 0 Å². The number of hydrogen-bond donors (Lipinski definition) is 0. The van der Waals surface area contributed by atoms with Crippen LogP contribution < -0.4 is 0 Å². The first-order valence-corrected chi connectivity index (χ1v) is 7.80. The number of nitrogens with zero attached hydrogens (tertiary/aromatic N) is 2. The van der Waals surface area contributed by atoms with Crippen molar-refractivity contribution in [1.29, 1.82) is 0 Å². The average molecular weight is 292 g/mol. The fraction of sp³-hybridized carbons (Fsp3) is 0.688. The van der Waals surface area contributed by atoms with E-state index in [1.807, 2.05) is 41.8 Å². The van der Waals surface area contributed by atoms with Gasteiger partial charge >= 0.3 is 0 Å². The summed E-state index contributed by atoms with van der Waals surface area (Å²) in [7, 11) is 1.91. The number of hydrogen-bond acceptors (Lipinski definition) is 3. The molecule has 21 heavy (non-hydrogen) atoms. The van der Waals surface area contributed by atoms with Gasteiger partial charge in [-0.05, 0) is 31.9 Å². The Labute approximate surface area is 125 Å². The Bertz CT molecular complexity index is 503. The van der Waals surface area contributed by atoms with Crippen LogP contribution >= 0.6 is 0 Å². The van der Waals surface area contributed by atoms with E-state index in [2.05, 4.69) is 0 Å². The Morgan fingerprint density at radius 1 is 1.48 bits per heavy atom. The second-order valence-corrected chi connectivity index (χ2v) is 6.07. The van der Waals surface area contributed by atoms with Crippen LogP contribution in [0.25, 0.3) is 0 Å². The van der Waals surface area contributed by atoms with E-state index in [9.17, 15) is 4.79 Å². The highest BCUT2D eigenvalue weighted by Crippen LogP contribution is 2.37. The van der Waals surface area contributed by atoms with E-state index in [0.717, 1.165) is 44.7 Å². The van der Waals surface area contributed by atoms with Crippen LogP contribution in [0.15, 0.2) is 18.3 Å². The third-order valence-corrected chi connectivity index (χ3v) is 4.70. The first kappa shape index (κ1) is 14.6. The standard InChI is InChI=1S/C16H24N2O3/c1-3-20-13-11-16(21-12-13)6-9-18(10-7-16)15(19)14-5-4-8-17(14)2/h4-5,8,13H,3,6-7,9-12H2,1-2H3/t13-/m1/s1. The molecule has 3 rings (SSSR count). The van der Waals surface area contributed by atoms with Crippen molar-refractivity contribution in [2.24, 2.45) is 7.05 Å². The number of amides is 1. The Morgan fingerprint density at radius 3 is 2.86 bits per heavy atom. The third kappa shape index (κ3) is 2.85. The molecule has 0 aliphatic carbocycles. The summed E-state index contributed by atoms with van der Waals surface area (Å²) in [6.45, 7) is 4.99. The van der Waals surface area contributed by atoms with Crippen molar-refractivity contribution in [2.45, 2.75) is 37.9 Å². The summed E-state index contributed by atoms with van der Waals surface area (Å²) in [4.78, 5) is 14.4. The second-order valence-electron chi connectivity index (χ2n) is 6.07. The van der Waals surface area contributed by atoms with Crippen molar-refractivity contribution in [2.75, 3.05) is 26.3 Å². The van der Waals surface area contributed by atoms with Gasteiger partial charge in [-0.2, -0.15) is 0 Å². The number of likely N-dealkylation sites (tertiary alicyclic amines) is 1. The molecular formula is C16H24N2O3. The van der Waals surface area contributed by atoms with Crippen molar-refractivity contribution in [3.05, 3.63) is 24.0 Å². The first-order chi connectivity index (χ1) is 10.1. The maximum atomic E-state index is 12.5. The quantitative estimate of drug-likeness (QED) is 0.853. The molecule has 1 spiro atoms. The average Bonchev–Trinajstić information content (AvgIpc) is 3.07. The minimum atomic E-state index is -0.0647. The summed E-state index contributed by atoms with van der Waals surface area (Å²) in [6, 6.07) is 3.79. The maximum absolute atomic E-state index is 12.5. The lowest BCUT2D eigenvalue weighted by atomic mass is 9.88. The lowest BCUT2D eigenvalue weighted by Crippen LogP contribution is -2.47. The van der Waals surface area contributed by atoms with Gasteiger partial charge in [-0.1, -0.05) is 0 Å². The maximum Gasteiger partial charge on any atom is 0.270 e. The van der Waals surface area contributed by atoms with Gasteiger partial charge in [0, 0.05) is 39.4 Å². The molecule has 2 aliphatic heterocycles. The minimum Gasteiger partial charge on any atom is -0.376 e. The fourth-order valence-electron chi connectivity index (χ4n) is 3.46. The number of piperidine rings is 1. The number of carbonyl (C=O) groups is 1. The highest BCUT2D eigenvalue weighted by molar-refractivity contribution is 5.92. The molecule has 0 radical (unpaired) electrons. The smallest absolute Gasteiger partial charge is 0.270 e. The molecular weight excluding hydrogens is 268 g/mol. The van der Waals surface area contributed by atoms with Gasteiger partial charge in [0.2, 0.25) is 0 Å². The SMILES string of the molecule is CCO[C@H]1COC2(CCN(C(=O)c3cccn3C)CC2)C1. The Balaban J connectivity index is 1.58. The Kier molecular flexibility index (Phi) is 4.04. The van der Waals surface area contributed by atoms with E-state index in [4.69, 9.17) is 9.47 Å². The van der Waals surface area contributed by atoms with Crippen molar-refractivity contribution in [3.63, 3.8) is 0 Å². The van der Waals surface area contributed by atoms with Crippen LogP contribution in [0.2, 0.25) is 0 Å². The summed E-state index contributed by atoms with van der Waals surface area (Å²) in [6.07, 6.45) is 4.92. The first-order valence-electron chi connectivity index (χ1n) is 7.80. The number of rotatable bonds is 3. The number of aryl methyl sites for hydroxylation is 1. The van der Waals surface area contributed by atoms with Gasteiger partial charge in [0.15, 0.2) is 0 Å². The molecule has 0 saturated carbocycles. The monoisotopic (exact) mass is 292 g/mol. The van der Waals surface area contributed by atoms with Crippen LogP contribution in [-0.2, 0) is 16.5 Å². The molecule has 1 atom stereocenters. The Morgan fingerprint density at radius 2 is 2.24 bits per heavy atom. The van der Waals surface area contributed by atoms with E-state index >= 15 is 0 Å². The lowest BCUT2D eigenvalue weighted by Gasteiger charge is -2.38. The van der Waals surface area contributed by atoms with Crippen molar-refractivity contribution in [3.8, 4) is 0 Å². The zero-order valence-corrected chi connectivity index (χ0v) is 12.9. The summed E-state index contributed by atoms with van der Waals surface area (Å²) in [5.41, 5.74) is 0.690. The number of aromatic nitrogens is 1. The molecule has 0 N–H and O–H groups in total. The molecule has 5 heteroatoms. The minimum absolute atomic E-state index is 0.0647. The molecule has 0 aromatic carbocycles. The summed E-state index contributed by atoms with van der Waals surface area (Å²) in [5.74, 6) is 0.122. The Hall–Kier alpha value is -1.33. The second kappa shape index (κ2) is 5.81. The van der Waals surface area contributed by atoms with Gasteiger partial charge in [-0.25, -0.2) is 0 Å². The van der Waals surface area contributed by atoms with Gasteiger partial charge in [0.25, 0.3) is 5.91 Å². The van der Waals surface area contributed by atoms with Crippen LogP contribution in [-0.4, -0.2) is 53.4 Å². The van der Waals surface area contributed by atoms with E-state index < -0.39 is 0 Å². The highest BCUT2D eigenvalue weighted by Gasteiger charge is 2.43. The molecule has 2 saturated heterocycles. The molecule has 0 unspecified atom stereocenters. The van der Waals surface area contributed by atoms with Crippen molar-refractivity contribution < 1.29 is 14.3 Å². The normalized spacial score (nSPS) is 24.7. The third-order valence-electron chi connectivity index (χ3n) is 4.70.